The molecule has 1 aromatic rings. The molecule has 8 nitrogen and oxygen atoms in total. The number of ether oxygens (including phenoxy) is 5. The fourth-order valence-electron chi connectivity index (χ4n) is 3.37. The van der Waals surface area contributed by atoms with E-state index in [4.69, 9.17) is 28.7 Å². The van der Waals surface area contributed by atoms with Crippen LogP contribution in [0.1, 0.15) is 18.9 Å². The Balaban J connectivity index is 0.00000450. The number of likely N-dealkylation sites (tertiary alicyclic amines) is 1. The van der Waals surface area contributed by atoms with Gasteiger partial charge >= 0.3 is 0 Å². The van der Waals surface area contributed by atoms with Crippen LogP contribution in [0, 0.1) is 5.92 Å². The molecule has 1 aliphatic rings. The first kappa shape index (κ1) is 26.6. The van der Waals surface area contributed by atoms with E-state index in [1.807, 2.05) is 12.1 Å². The molecule has 1 aromatic carbocycles. The third-order valence-corrected chi connectivity index (χ3v) is 4.84. The summed E-state index contributed by atoms with van der Waals surface area (Å²) < 4.78 is 27.0. The fourth-order valence-corrected chi connectivity index (χ4v) is 3.37. The first-order chi connectivity index (χ1) is 14.2. The van der Waals surface area contributed by atoms with Crippen LogP contribution in [0.25, 0.3) is 0 Å². The highest BCUT2D eigenvalue weighted by molar-refractivity contribution is 14.0. The van der Waals surface area contributed by atoms with Gasteiger partial charge in [0.25, 0.3) is 0 Å². The number of methoxy groups -OCH3 is 4. The second-order valence-corrected chi connectivity index (χ2v) is 6.87. The molecule has 0 aliphatic carbocycles. The van der Waals surface area contributed by atoms with Gasteiger partial charge in [-0.25, -0.2) is 4.99 Å². The van der Waals surface area contributed by atoms with Crippen LogP contribution < -0.4 is 19.5 Å². The quantitative estimate of drug-likeness (QED) is 0.202. The Morgan fingerprint density at radius 2 is 1.80 bits per heavy atom. The molecule has 1 N–H and O–H groups in total. The molecule has 1 heterocycles. The number of guanidine groups is 1. The summed E-state index contributed by atoms with van der Waals surface area (Å²) in [6, 6.07) is 3.87. The predicted octanol–water partition coefficient (Wildman–Crippen LogP) is 2.78. The van der Waals surface area contributed by atoms with Gasteiger partial charge in [-0.3, -0.25) is 0 Å². The van der Waals surface area contributed by atoms with Crippen LogP contribution in [0.5, 0.6) is 17.2 Å². The lowest BCUT2D eigenvalue weighted by molar-refractivity contribution is 0.0536. The molecule has 1 aliphatic heterocycles. The van der Waals surface area contributed by atoms with Crippen molar-refractivity contribution in [2.45, 2.75) is 19.9 Å². The maximum absolute atomic E-state index is 5.70. The van der Waals surface area contributed by atoms with Crippen molar-refractivity contribution in [2.75, 3.05) is 67.9 Å². The Bertz CT molecular complexity index is 635. The molecule has 1 atom stereocenters. The van der Waals surface area contributed by atoms with Crippen molar-refractivity contribution in [3.63, 3.8) is 0 Å². The normalized spacial score (nSPS) is 16.2. The standard InChI is InChI=1S/C21H35N3O5.HI/c1-6-22-21(24-8-7-16(14-24)15-29-10-9-25-2)23-13-17-11-18(26-3)20(28-5)19(12-17)27-4;/h11-12,16H,6-10,13-15H2,1-5H3,(H,22,23);1H. The van der Waals surface area contributed by atoms with E-state index < -0.39 is 0 Å². The summed E-state index contributed by atoms with van der Waals surface area (Å²) in [4.78, 5) is 7.13. The number of nitrogens with one attached hydrogen (secondary N) is 1. The molecule has 9 heteroatoms. The van der Waals surface area contributed by atoms with Gasteiger partial charge in [-0.2, -0.15) is 0 Å². The number of aliphatic imine (C=N–C) groups is 1. The average molecular weight is 537 g/mol. The van der Waals surface area contributed by atoms with Crippen molar-refractivity contribution in [2.24, 2.45) is 10.9 Å². The Morgan fingerprint density at radius 1 is 1.10 bits per heavy atom. The lowest BCUT2D eigenvalue weighted by Crippen LogP contribution is -2.40. The Hall–Kier alpha value is -1.46. The average Bonchev–Trinajstić information content (AvgIpc) is 3.22. The first-order valence-electron chi connectivity index (χ1n) is 10.1. The number of hydrogen-bond acceptors (Lipinski definition) is 6. The van der Waals surface area contributed by atoms with Gasteiger partial charge in [0.2, 0.25) is 5.75 Å². The van der Waals surface area contributed by atoms with Gasteiger partial charge in [0, 0.05) is 32.7 Å². The highest BCUT2D eigenvalue weighted by Crippen LogP contribution is 2.38. The molecule has 1 fully saturated rings. The van der Waals surface area contributed by atoms with E-state index in [-0.39, 0.29) is 24.0 Å². The molecule has 0 radical (unpaired) electrons. The van der Waals surface area contributed by atoms with Crippen LogP contribution in [-0.2, 0) is 16.0 Å². The molecular formula is C21H36IN3O5. The highest BCUT2D eigenvalue weighted by Gasteiger charge is 2.25. The molecule has 0 saturated carbocycles. The molecule has 1 saturated heterocycles. The van der Waals surface area contributed by atoms with E-state index in [2.05, 4.69) is 17.1 Å². The van der Waals surface area contributed by atoms with Crippen LogP contribution in [-0.4, -0.2) is 78.8 Å². The van der Waals surface area contributed by atoms with Gasteiger partial charge in [-0.15, -0.1) is 24.0 Å². The number of halogens is 1. The third-order valence-electron chi connectivity index (χ3n) is 4.84. The summed E-state index contributed by atoms with van der Waals surface area (Å²) >= 11 is 0. The number of hydrogen-bond donors (Lipinski definition) is 1. The minimum Gasteiger partial charge on any atom is -0.493 e. The van der Waals surface area contributed by atoms with Crippen molar-refractivity contribution in [1.82, 2.24) is 10.2 Å². The SMILES string of the molecule is CCNC(=NCc1cc(OC)c(OC)c(OC)c1)N1CCC(COCCOC)C1.I. The number of benzene rings is 1. The molecule has 0 amide bonds. The Morgan fingerprint density at radius 3 is 2.37 bits per heavy atom. The van der Waals surface area contributed by atoms with Crippen molar-refractivity contribution < 1.29 is 23.7 Å². The van der Waals surface area contributed by atoms with Gasteiger partial charge < -0.3 is 33.9 Å². The summed E-state index contributed by atoms with van der Waals surface area (Å²) in [6.07, 6.45) is 1.10. The molecule has 0 spiro atoms. The van der Waals surface area contributed by atoms with E-state index in [9.17, 15) is 0 Å². The van der Waals surface area contributed by atoms with Gasteiger partial charge in [0.05, 0.1) is 47.7 Å². The van der Waals surface area contributed by atoms with Crippen molar-refractivity contribution >= 4 is 29.9 Å². The lowest BCUT2D eigenvalue weighted by atomic mass is 10.1. The van der Waals surface area contributed by atoms with Gasteiger partial charge in [-0.05, 0) is 31.0 Å². The van der Waals surface area contributed by atoms with Crippen LogP contribution in [0.3, 0.4) is 0 Å². The second-order valence-electron chi connectivity index (χ2n) is 6.87. The third kappa shape index (κ3) is 7.66. The molecular weight excluding hydrogens is 501 g/mol. The smallest absolute Gasteiger partial charge is 0.203 e. The summed E-state index contributed by atoms with van der Waals surface area (Å²) in [5.41, 5.74) is 0.994. The first-order valence-corrected chi connectivity index (χ1v) is 10.1. The topological polar surface area (TPSA) is 73.8 Å². The summed E-state index contributed by atoms with van der Waals surface area (Å²) in [5.74, 6) is 3.29. The predicted molar refractivity (Wildman–Crippen MR) is 129 cm³/mol. The summed E-state index contributed by atoms with van der Waals surface area (Å²) in [5, 5.41) is 3.40. The largest absolute Gasteiger partial charge is 0.493 e. The maximum Gasteiger partial charge on any atom is 0.203 e. The molecule has 1 unspecified atom stereocenters. The van der Waals surface area contributed by atoms with E-state index in [0.717, 1.165) is 44.2 Å². The van der Waals surface area contributed by atoms with Crippen molar-refractivity contribution in [3.8, 4) is 17.2 Å². The molecule has 172 valence electrons. The van der Waals surface area contributed by atoms with Gasteiger partial charge in [0.15, 0.2) is 17.5 Å². The Kier molecular flexibility index (Phi) is 12.9. The minimum absolute atomic E-state index is 0. The van der Waals surface area contributed by atoms with Crippen molar-refractivity contribution in [1.29, 1.82) is 0 Å². The molecule has 0 aromatic heterocycles. The van der Waals surface area contributed by atoms with Crippen LogP contribution in [0.4, 0.5) is 0 Å². The van der Waals surface area contributed by atoms with Crippen LogP contribution in [0.15, 0.2) is 17.1 Å². The summed E-state index contributed by atoms with van der Waals surface area (Å²) in [7, 11) is 6.53. The van der Waals surface area contributed by atoms with Crippen LogP contribution in [0.2, 0.25) is 0 Å². The van der Waals surface area contributed by atoms with Gasteiger partial charge in [0.1, 0.15) is 0 Å². The molecule has 30 heavy (non-hydrogen) atoms. The molecule has 2 rings (SSSR count). The van der Waals surface area contributed by atoms with E-state index in [1.165, 1.54) is 0 Å². The Labute approximate surface area is 197 Å². The number of rotatable bonds is 11. The maximum atomic E-state index is 5.70. The van der Waals surface area contributed by atoms with E-state index in [1.54, 1.807) is 28.4 Å². The second kappa shape index (κ2) is 14.5. The number of nitrogens with zero attached hydrogens (tertiary/aromatic N) is 2. The summed E-state index contributed by atoms with van der Waals surface area (Å²) in [6.45, 7) is 7.36. The van der Waals surface area contributed by atoms with E-state index in [0.29, 0.717) is 42.9 Å². The van der Waals surface area contributed by atoms with Gasteiger partial charge in [-0.1, -0.05) is 0 Å². The minimum atomic E-state index is 0. The fraction of sp³-hybridized carbons (Fsp3) is 0.667. The van der Waals surface area contributed by atoms with Crippen LogP contribution >= 0.6 is 24.0 Å². The monoisotopic (exact) mass is 537 g/mol. The van der Waals surface area contributed by atoms with E-state index >= 15 is 0 Å². The van der Waals surface area contributed by atoms with Crippen molar-refractivity contribution in [3.05, 3.63) is 17.7 Å². The molecule has 0 bridgehead atoms. The zero-order chi connectivity index (χ0) is 21.1. The highest BCUT2D eigenvalue weighted by atomic mass is 127. The lowest BCUT2D eigenvalue weighted by Gasteiger charge is -2.22. The zero-order valence-corrected chi connectivity index (χ0v) is 21.1. The zero-order valence-electron chi connectivity index (χ0n) is 18.7.